The van der Waals surface area contributed by atoms with Gasteiger partial charge in [0.25, 0.3) is 0 Å². The summed E-state index contributed by atoms with van der Waals surface area (Å²) in [6.07, 6.45) is 1.10. The van der Waals surface area contributed by atoms with Crippen LogP contribution in [0.2, 0.25) is 0 Å². The van der Waals surface area contributed by atoms with Gasteiger partial charge in [-0.1, -0.05) is 44.2 Å². The molecule has 2 aromatic carbocycles. The molecule has 0 fully saturated rings. The molecule has 5 nitrogen and oxygen atoms in total. The molecule has 3 N–H and O–H groups in total. The van der Waals surface area contributed by atoms with E-state index in [2.05, 4.69) is 19.9 Å². The minimum absolute atomic E-state index is 0.0375. The number of carbonyl (C=O) groups excluding carboxylic acids is 1. The number of phenols is 1. The maximum Gasteiger partial charge on any atom is 0.162 e. The highest BCUT2D eigenvalue weighted by atomic mass is 16.3. The van der Waals surface area contributed by atoms with Crippen molar-refractivity contribution in [1.29, 1.82) is 5.26 Å². The highest BCUT2D eigenvalue weighted by Gasteiger charge is 2.44. The van der Waals surface area contributed by atoms with Crippen LogP contribution in [0.15, 0.2) is 77.3 Å². The molecule has 29 heavy (non-hydrogen) atoms. The van der Waals surface area contributed by atoms with E-state index in [4.69, 9.17) is 5.73 Å². The predicted octanol–water partition coefficient (Wildman–Crippen LogP) is 4.33. The van der Waals surface area contributed by atoms with E-state index < -0.39 is 5.92 Å². The fourth-order valence-electron chi connectivity index (χ4n) is 4.38. The highest BCUT2D eigenvalue weighted by molar-refractivity contribution is 6.01. The van der Waals surface area contributed by atoms with Crippen LogP contribution in [0.3, 0.4) is 0 Å². The zero-order valence-corrected chi connectivity index (χ0v) is 16.5. The van der Waals surface area contributed by atoms with Crippen LogP contribution >= 0.6 is 0 Å². The van der Waals surface area contributed by atoms with Crippen LogP contribution in [0, 0.1) is 16.7 Å². The van der Waals surface area contributed by atoms with Gasteiger partial charge >= 0.3 is 0 Å². The lowest BCUT2D eigenvalue weighted by Crippen LogP contribution is -2.42. The van der Waals surface area contributed by atoms with Crippen LogP contribution in [-0.2, 0) is 4.79 Å². The van der Waals surface area contributed by atoms with Crippen molar-refractivity contribution in [3.8, 4) is 11.8 Å². The molecule has 1 heterocycles. The van der Waals surface area contributed by atoms with Gasteiger partial charge in [-0.3, -0.25) is 9.69 Å². The van der Waals surface area contributed by atoms with Gasteiger partial charge in [0, 0.05) is 23.4 Å². The summed E-state index contributed by atoms with van der Waals surface area (Å²) < 4.78 is 0. The molecule has 2 aromatic rings. The number of ketones is 1. The van der Waals surface area contributed by atoms with Crippen molar-refractivity contribution in [1.82, 2.24) is 0 Å². The van der Waals surface area contributed by atoms with Gasteiger partial charge in [-0.25, -0.2) is 0 Å². The first-order valence-electron chi connectivity index (χ1n) is 9.62. The first kappa shape index (κ1) is 18.8. The number of allylic oxidation sites excluding steroid dienone is 3. The molecule has 1 aliphatic carbocycles. The van der Waals surface area contributed by atoms with E-state index in [0.717, 1.165) is 16.9 Å². The Kier molecular flexibility index (Phi) is 4.43. The number of benzene rings is 2. The Bertz CT molecular complexity index is 1070. The van der Waals surface area contributed by atoms with Crippen molar-refractivity contribution >= 4 is 11.5 Å². The molecule has 1 unspecified atom stereocenters. The lowest BCUT2D eigenvalue weighted by molar-refractivity contribution is -0.118. The Hall–Kier alpha value is -3.52. The molecular formula is C24H23N3O2. The van der Waals surface area contributed by atoms with Crippen LogP contribution in [0.4, 0.5) is 5.69 Å². The number of anilines is 1. The van der Waals surface area contributed by atoms with Gasteiger partial charge in [-0.15, -0.1) is 0 Å². The van der Waals surface area contributed by atoms with Gasteiger partial charge in [0.05, 0.1) is 17.6 Å². The van der Waals surface area contributed by atoms with Gasteiger partial charge in [0.15, 0.2) is 5.78 Å². The first-order chi connectivity index (χ1) is 13.8. The highest BCUT2D eigenvalue weighted by Crippen LogP contribution is 2.50. The third-order valence-corrected chi connectivity index (χ3v) is 5.62. The normalized spacial score (nSPS) is 21.1. The van der Waals surface area contributed by atoms with Crippen molar-refractivity contribution in [3.05, 3.63) is 82.8 Å². The molecule has 0 saturated carbocycles. The number of nitrogens with two attached hydrogens (primary N) is 1. The molecule has 0 bridgehead atoms. The number of hydrogen-bond donors (Lipinski definition) is 2. The van der Waals surface area contributed by atoms with E-state index in [1.54, 1.807) is 24.3 Å². The fourth-order valence-corrected chi connectivity index (χ4v) is 4.38. The summed E-state index contributed by atoms with van der Waals surface area (Å²) in [7, 11) is 0. The molecule has 146 valence electrons. The van der Waals surface area contributed by atoms with Crippen LogP contribution in [0.1, 0.15) is 38.2 Å². The quantitative estimate of drug-likeness (QED) is 0.803. The van der Waals surface area contributed by atoms with Crippen LogP contribution < -0.4 is 10.6 Å². The predicted molar refractivity (Wildman–Crippen MR) is 112 cm³/mol. The minimum atomic E-state index is -0.529. The second kappa shape index (κ2) is 6.82. The second-order valence-electron chi connectivity index (χ2n) is 8.41. The largest absolute Gasteiger partial charge is 0.508 e. The standard InChI is InChI=1S/C24H23N3O2/c1-24(2)12-19-22(20(29)13-24)21(15-8-10-17(28)11-9-15)18(14-25)23(26)27(19)16-6-4-3-5-7-16/h3-11,21,28H,12-13,26H2,1-2H3. The van der Waals surface area contributed by atoms with Gasteiger partial charge in [-0.05, 0) is 41.7 Å². The van der Waals surface area contributed by atoms with Gasteiger partial charge < -0.3 is 10.8 Å². The van der Waals surface area contributed by atoms with Crippen molar-refractivity contribution in [3.63, 3.8) is 0 Å². The van der Waals surface area contributed by atoms with Crippen molar-refractivity contribution < 1.29 is 9.90 Å². The molecule has 2 aliphatic rings. The lowest BCUT2D eigenvalue weighted by Gasteiger charge is -2.43. The zero-order valence-electron chi connectivity index (χ0n) is 16.5. The maximum atomic E-state index is 13.3. The van der Waals surface area contributed by atoms with Crippen LogP contribution in [-0.4, -0.2) is 10.9 Å². The van der Waals surface area contributed by atoms with Crippen molar-refractivity contribution in [2.45, 2.75) is 32.6 Å². The SMILES string of the molecule is CC1(C)CC(=O)C2=C(C1)N(c1ccccc1)C(N)=C(C#N)C2c1ccc(O)cc1. The van der Waals surface area contributed by atoms with E-state index >= 15 is 0 Å². The summed E-state index contributed by atoms with van der Waals surface area (Å²) in [5.41, 5.74) is 9.79. The molecule has 4 rings (SSSR count). The fraction of sp³-hybridized carbons (Fsp3) is 0.250. The number of nitriles is 1. The van der Waals surface area contributed by atoms with E-state index in [-0.39, 0.29) is 16.9 Å². The number of carbonyl (C=O) groups is 1. The number of hydrogen-bond acceptors (Lipinski definition) is 5. The van der Waals surface area contributed by atoms with Gasteiger partial charge in [0.2, 0.25) is 0 Å². The summed E-state index contributed by atoms with van der Waals surface area (Å²) in [5, 5.41) is 19.7. The summed E-state index contributed by atoms with van der Waals surface area (Å²) >= 11 is 0. The van der Waals surface area contributed by atoms with Gasteiger partial charge in [-0.2, -0.15) is 5.26 Å². The summed E-state index contributed by atoms with van der Waals surface area (Å²) in [4.78, 5) is 15.2. The van der Waals surface area contributed by atoms with Crippen molar-refractivity contribution in [2.24, 2.45) is 11.1 Å². The molecule has 0 saturated heterocycles. The second-order valence-corrected chi connectivity index (χ2v) is 8.41. The molecule has 1 atom stereocenters. The smallest absolute Gasteiger partial charge is 0.162 e. The molecular weight excluding hydrogens is 362 g/mol. The lowest BCUT2D eigenvalue weighted by atomic mass is 9.68. The van der Waals surface area contributed by atoms with Crippen LogP contribution in [0.5, 0.6) is 5.75 Å². The van der Waals surface area contributed by atoms with E-state index in [0.29, 0.717) is 29.8 Å². The number of aromatic hydroxyl groups is 1. The van der Waals surface area contributed by atoms with Gasteiger partial charge in [0.1, 0.15) is 11.6 Å². The Balaban J connectivity index is 1.99. The summed E-state index contributed by atoms with van der Waals surface area (Å²) in [6, 6.07) is 18.5. The van der Waals surface area contributed by atoms with Crippen LogP contribution in [0.25, 0.3) is 0 Å². The summed E-state index contributed by atoms with van der Waals surface area (Å²) in [6.45, 7) is 4.15. The molecule has 0 spiro atoms. The first-order valence-corrected chi connectivity index (χ1v) is 9.62. The van der Waals surface area contributed by atoms with E-state index in [1.807, 2.05) is 35.2 Å². The number of para-hydroxylation sites is 1. The number of Topliss-reactive ketones (excluding diaryl/α,β-unsaturated/α-hetero) is 1. The minimum Gasteiger partial charge on any atom is -0.508 e. The monoisotopic (exact) mass is 385 g/mol. The zero-order chi connectivity index (χ0) is 20.8. The Labute approximate surface area is 170 Å². The average Bonchev–Trinajstić information content (AvgIpc) is 2.67. The molecule has 1 aliphatic heterocycles. The maximum absolute atomic E-state index is 13.3. The third kappa shape index (κ3) is 3.17. The molecule has 0 amide bonds. The number of nitrogens with zero attached hydrogens (tertiary/aromatic N) is 2. The molecule has 0 aromatic heterocycles. The average molecular weight is 385 g/mol. The van der Waals surface area contributed by atoms with Crippen molar-refractivity contribution in [2.75, 3.05) is 4.90 Å². The molecule has 0 radical (unpaired) electrons. The third-order valence-electron chi connectivity index (χ3n) is 5.62. The Morgan fingerprint density at radius 2 is 1.76 bits per heavy atom. The topological polar surface area (TPSA) is 90.4 Å². The molecule has 5 heteroatoms. The summed E-state index contributed by atoms with van der Waals surface area (Å²) in [5.74, 6) is -0.00747. The Morgan fingerprint density at radius 3 is 2.38 bits per heavy atom. The number of phenolic OH excluding ortho intramolecular Hbond substituents is 1. The Morgan fingerprint density at radius 1 is 1.10 bits per heavy atom. The number of rotatable bonds is 2. The van der Waals surface area contributed by atoms with E-state index in [1.165, 1.54) is 0 Å². The van der Waals surface area contributed by atoms with E-state index in [9.17, 15) is 15.2 Å².